The van der Waals surface area contributed by atoms with Gasteiger partial charge >= 0.3 is 0 Å². The maximum Gasteiger partial charge on any atom is 0.244 e. The van der Waals surface area contributed by atoms with E-state index in [0.29, 0.717) is 5.56 Å². The molecule has 0 atom stereocenters. The SMILES string of the molecule is O=C(/C=C/c1ccc(O)cc1)NCC(=O)c1ccc(O)cc1. The van der Waals surface area contributed by atoms with Crippen LogP contribution in [0.4, 0.5) is 0 Å². The molecular formula is C17H15NO4. The molecule has 0 saturated carbocycles. The van der Waals surface area contributed by atoms with Gasteiger partial charge in [-0.25, -0.2) is 0 Å². The largest absolute Gasteiger partial charge is 0.508 e. The van der Waals surface area contributed by atoms with Gasteiger partial charge in [0.05, 0.1) is 6.54 Å². The summed E-state index contributed by atoms with van der Waals surface area (Å²) in [6.45, 7) is -0.122. The Morgan fingerprint density at radius 1 is 0.909 bits per heavy atom. The minimum atomic E-state index is -0.389. The Morgan fingerprint density at radius 3 is 2.05 bits per heavy atom. The van der Waals surface area contributed by atoms with E-state index in [2.05, 4.69) is 5.32 Å². The molecule has 5 heteroatoms. The van der Waals surface area contributed by atoms with E-state index in [1.807, 2.05) is 0 Å². The molecule has 112 valence electrons. The van der Waals surface area contributed by atoms with Crippen LogP contribution in [0.1, 0.15) is 15.9 Å². The van der Waals surface area contributed by atoms with Crippen LogP contribution in [0.3, 0.4) is 0 Å². The number of aromatic hydroxyl groups is 2. The monoisotopic (exact) mass is 297 g/mol. The van der Waals surface area contributed by atoms with Gasteiger partial charge in [0, 0.05) is 11.6 Å². The van der Waals surface area contributed by atoms with Gasteiger partial charge in [-0.15, -0.1) is 0 Å². The van der Waals surface area contributed by atoms with Crippen molar-refractivity contribution in [1.29, 1.82) is 0 Å². The summed E-state index contributed by atoms with van der Waals surface area (Å²) >= 11 is 0. The summed E-state index contributed by atoms with van der Waals surface area (Å²) in [5.41, 5.74) is 1.18. The first-order chi connectivity index (χ1) is 10.5. The molecule has 2 aromatic rings. The van der Waals surface area contributed by atoms with Gasteiger partial charge in [0.1, 0.15) is 11.5 Å². The van der Waals surface area contributed by atoms with Crippen LogP contribution in [-0.2, 0) is 4.79 Å². The lowest BCUT2D eigenvalue weighted by molar-refractivity contribution is -0.116. The lowest BCUT2D eigenvalue weighted by Gasteiger charge is -2.02. The van der Waals surface area contributed by atoms with E-state index in [9.17, 15) is 9.59 Å². The fourth-order valence-electron chi connectivity index (χ4n) is 1.73. The first-order valence-electron chi connectivity index (χ1n) is 6.62. The minimum absolute atomic E-state index is 0.0809. The van der Waals surface area contributed by atoms with Crippen molar-refractivity contribution < 1.29 is 19.8 Å². The number of hydrogen-bond acceptors (Lipinski definition) is 4. The number of phenols is 2. The van der Waals surface area contributed by atoms with Crippen molar-refractivity contribution in [2.75, 3.05) is 6.54 Å². The fraction of sp³-hybridized carbons (Fsp3) is 0.0588. The highest BCUT2D eigenvalue weighted by atomic mass is 16.3. The highest BCUT2D eigenvalue weighted by Gasteiger charge is 2.06. The van der Waals surface area contributed by atoms with E-state index >= 15 is 0 Å². The number of carbonyl (C=O) groups excluding carboxylic acids is 2. The average Bonchev–Trinajstić information content (AvgIpc) is 2.52. The summed E-state index contributed by atoms with van der Waals surface area (Å²) in [5.74, 6) is -0.398. The summed E-state index contributed by atoms with van der Waals surface area (Å²) < 4.78 is 0. The van der Waals surface area contributed by atoms with Crippen molar-refractivity contribution in [3.05, 3.63) is 65.7 Å². The summed E-state index contributed by atoms with van der Waals surface area (Å²) in [4.78, 5) is 23.5. The zero-order valence-electron chi connectivity index (χ0n) is 11.7. The van der Waals surface area contributed by atoms with Crippen molar-refractivity contribution in [3.63, 3.8) is 0 Å². The number of nitrogens with one attached hydrogen (secondary N) is 1. The molecule has 0 radical (unpaired) electrons. The zero-order valence-corrected chi connectivity index (χ0v) is 11.7. The molecule has 0 bridgehead atoms. The van der Waals surface area contributed by atoms with Crippen molar-refractivity contribution >= 4 is 17.8 Å². The highest BCUT2D eigenvalue weighted by molar-refractivity contribution is 6.01. The average molecular weight is 297 g/mol. The van der Waals surface area contributed by atoms with Gasteiger partial charge < -0.3 is 15.5 Å². The molecule has 0 heterocycles. The molecule has 0 aromatic heterocycles. The molecular weight excluding hydrogens is 282 g/mol. The molecule has 0 fully saturated rings. The van der Waals surface area contributed by atoms with Crippen LogP contribution in [-0.4, -0.2) is 28.4 Å². The minimum Gasteiger partial charge on any atom is -0.508 e. The smallest absolute Gasteiger partial charge is 0.244 e. The van der Waals surface area contributed by atoms with Gasteiger partial charge in [-0.2, -0.15) is 0 Å². The topological polar surface area (TPSA) is 86.6 Å². The van der Waals surface area contributed by atoms with Crippen LogP contribution in [0.5, 0.6) is 11.5 Å². The van der Waals surface area contributed by atoms with Gasteiger partial charge in [-0.3, -0.25) is 9.59 Å². The van der Waals surface area contributed by atoms with Crippen LogP contribution in [0, 0.1) is 0 Å². The molecule has 3 N–H and O–H groups in total. The van der Waals surface area contributed by atoms with Crippen LogP contribution in [0.2, 0.25) is 0 Å². The molecule has 0 unspecified atom stereocenters. The van der Waals surface area contributed by atoms with Gasteiger partial charge in [-0.1, -0.05) is 12.1 Å². The van der Waals surface area contributed by atoms with Crippen LogP contribution >= 0.6 is 0 Å². The van der Waals surface area contributed by atoms with Crippen molar-refractivity contribution in [1.82, 2.24) is 5.32 Å². The van der Waals surface area contributed by atoms with E-state index in [-0.39, 0.29) is 29.7 Å². The van der Waals surface area contributed by atoms with Crippen molar-refractivity contribution in [2.45, 2.75) is 0 Å². The molecule has 2 aromatic carbocycles. The normalized spacial score (nSPS) is 10.5. The number of phenolic OH excluding ortho intramolecular Hbond substituents is 2. The second kappa shape index (κ2) is 7.08. The maximum absolute atomic E-state index is 11.8. The Hall–Kier alpha value is -3.08. The fourth-order valence-corrected chi connectivity index (χ4v) is 1.73. The predicted molar refractivity (Wildman–Crippen MR) is 82.6 cm³/mol. The summed E-state index contributed by atoms with van der Waals surface area (Å²) in [6, 6.07) is 12.2. The van der Waals surface area contributed by atoms with E-state index in [0.717, 1.165) is 5.56 Å². The van der Waals surface area contributed by atoms with E-state index in [1.54, 1.807) is 18.2 Å². The summed E-state index contributed by atoms with van der Waals surface area (Å²) in [5, 5.41) is 20.8. The van der Waals surface area contributed by atoms with E-state index in [4.69, 9.17) is 10.2 Å². The second-order valence-corrected chi connectivity index (χ2v) is 4.61. The molecule has 0 aliphatic heterocycles. The third-order valence-corrected chi connectivity index (χ3v) is 2.93. The van der Waals surface area contributed by atoms with Gasteiger partial charge in [0.2, 0.25) is 5.91 Å². The van der Waals surface area contributed by atoms with Crippen molar-refractivity contribution in [3.8, 4) is 11.5 Å². The van der Waals surface area contributed by atoms with Crippen LogP contribution in [0.15, 0.2) is 54.6 Å². The Bertz CT molecular complexity index is 688. The maximum atomic E-state index is 11.8. The first kappa shape index (κ1) is 15.3. The number of amides is 1. The standard InChI is InChI=1S/C17H15NO4/c19-14-6-1-12(2-7-14)3-10-17(22)18-11-16(21)13-4-8-15(20)9-5-13/h1-10,19-20H,11H2,(H,18,22)/b10-3+. The number of carbonyl (C=O) groups is 2. The molecule has 0 spiro atoms. The Morgan fingerprint density at radius 2 is 1.45 bits per heavy atom. The Balaban J connectivity index is 1.86. The number of hydrogen-bond donors (Lipinski definition) is 3. The van der Waals surface area contributed by atoms with Gasteiger partial charge in [0.15, 0.2) is 5.78 Å². The molecule has 22 heavy (non-hydrogen) atoms. The molecule has 0 aliphatic carbocycles. The number of benzene rings is 2. The third kappa shape index (κ3) is 4.49. The molecule has 2 rings (SSSR count). The highest BCUT2D eigenvalue weighted by Crippen LogP contribution is 2.11. The van der Waals surface area contributed by atoms with Crippen molar-refractivity contribution in [2.24, 2.45) is 0 Å². The molecule has 0 aliphatic rings. The van der Waals surface area contributed by atoms with Crippen LogP contribution in [0.25, 0.3) is 6.08 Å². The van der Waals surface area contributed by atoms with Gasteiger partial charge in [0.25, 0.3) is 0 Å². The number of rotatable bonds is 5. The predicted octanol–water partition coefficient (Wildman–Crippen LogP) is 2.11. The van der Waals surface area contributed by atoms with Gasteiger partial charge in [-0.05, 0) is 48.0 Å². The summed E-state index contributed by atoms with van der Waals surface area (Å²) in [6.07, 6.45) is 2.90. The van der Waals surface area contributed by atoms with Crippen LogP contribution < -0.4 is 5.32 Å². The Kier molecular flexibility index (Phi) is 4.93. The zero-order chi connectivity index (χ0) is 15.9. The number of Topliss-reactive ketones (excluding diaryl/α,β-unsaturated/α-hetero) is 1. The molecule has 0 saturated heterocycles. The van der Waals surface area contributed by atoms with E-state index < -0.39 is 0 Å². The molecule has 5 nitrogen and oxygen atoms in total. The first-order valence-corrected chi connectivity index (χ1v) is 6.62. The lowest BCUT2D eigenvalue weighted by atomic mass is 10.1. The third-order valence-electron chi connectivity index (χ3n) is 2.93. The molecule has 1 amide bonds. The Labute approximate surface area is 127 Å². The lowest BCUT2D eigenvalue weighted by Crippen LogP contribution is -2.27. The van der Waals surface area contributed by atoms with E-state index in [1.165, 1.54) is 42.5 Å². The number of ketones is 1. The second-order valence-electron chi connectivity index (χ2n) is 4.61. The summed E-state index contributed by atoms with van der Waals surface area (Å²) in [7, 11) is 0. The quantitative estimate of drug-likeness (QED) is 0.583.